The number of carbonyl (C=O) groups excluding carboxylic acids is 1. The highest BCUT2D eigenvalue weighted by molar-refractivity contribution is 5.36. The molecule has 1 heterocycles. The molecule has 0 saturated carbocycles. The lowest BCUT2D eigenvalue weighted by Gasteiger charge is -2.23. The van der Waals surface area contributed by atoms with Crippen LogP contribution in [-0.4, -0.2) is 37.7 Å². The summed E-state index contributed by atoms with van der Waals surface area (Å²) >= 11 is 0. The molecule has 0 aromatic rings. The van der Waals surface area contributed by atoms with Gasteiger partial charge in [-0.1, -0.05) is 0 Å². The van der Waals surface area contributed by atoms with Gasteiger partial charge >= 0.3 is 6.47 Å². The number of rotatable bonds is 2. The van der Waals surface area contributed by atoms with Crippen LogP contribution >= 0.6 is 0 Å². The van der Waals surface area contributed by atoms with Crippen molar-refractivity contribution in [3.8, 4) is 0 Å². The molecule has 4 nitrogen and oxygen atoms in total. The molecular formula is C5H10N2O2. The van der Waals surface area contributed by atoms with Crippen molar-refractivity contribution < 1.29 is 9.63 Å². The Morgan fingerprint density at radius 3 is 2.67 bits per heavy atom. The van der Waals surface area contributed by atoms with Crippen molar-refractivity contribution in [3.05, 3.63) is 0 Å². The van der Waals surface area contributed by atoms with E-state index >= 15 is 0 Å². The van der Waals surface area contributed by atoms with Crippen molar-refractivity contribution in [3.63, 3.8) is 0 Å². The van der Waals surface area contributed by atoms with Gasteiger partial charge in [-0.2, -0.15) is 0 Å². The first-order chi connectivity index (χ1) is 4.43. The Hall–Kier alpha value is -0.610. The number of hydrogen-bond donors (Lipinski definition) is 1. The van der Waals surface area contributed by atoms with Gasteiger partial charge in [0, 0.05) is 26.2 Å². The zero-order valence-corrected chi connectivity index (χ0v) is 5.17. The number of hydrogen-bond acceptors (Lipinski definition) is 4. The van der Waals surface area contributed by atoms with Crippen LogP contribution < -0.4 is 5.32 Å². The van der Waals surface area contributed by atoms with Crippen LogP contribution in [0.3, 0.4) is 0 Å². The Labute approximate surface area is 53.7 Å². The van der Waals surface area contributed by atoms with E-state index in [1.54, 1.807) is 5.06 Å². The molecular weight excluding hydrogens is 120 g/mol. The zero-order chi connectivity index (χ0) is 6.53. The molecule has 4 heteroatoms. The molecule has 9 heavy (non-hydrogen) atoms. The summed E-state index contributed by atoms with van der Waals surface area (Å²) in [6.45, 7) is 3.84. The number of hydroxylamine groups is 2. The number of carbonyl (C=O) groups is 1. The van der Waals surface area contributed by atoms with Crippen molar-refractivity contribution in [2.24, 2.45) is 0 Å². The van der Waals surface area contributed by atoms with E-state index < -0.39 is 0 Å². The fraction of sp³-hybridized carbons (Fsp3) is 0.800. The molecule has 0 atom stereocenters. The highest BCUT2D eigenvalue weighted by atomic mass is 16.7. The predicted octanol–water partition coefficient (Wildman–Crippen LogP) is -1.02. The Bertz CT molecular complexity index is 91.0. The molecule has 1 rings (SSSR count). The molecule has 1 fully saturated rings. The number of piperazine rings is 1. The van der Waals surface area contributed by atoms with Gasteiger partial charge in [0.1, 0.15) is 0 Å². The third-order valence-electron chi connectivity index (χ3n) is 1.27. The number of nitrogens with one attached hydrogen (secondary N) is 1. The highest BCUT2D eigenvalue weighted by Crippen LogP contribution is 1.89. The van der Waals surface area contributed by atoms with Crippen molar-refractivity contribution >= 4 is 6.47 Å². The van der Waals surface area contributed by atoms with Crippen molar-refractivity contribution in [1.29, 1.82) is 0 Å². The molecule has 1 N–H and O–H groups in total. The van der Waals surface area contributed by atoms with E-state index in [2.05, 4.69) is 10.2 Å². The topological polar surface area (TPSA) is 41.6 Å². The van der Waals surface area contributed by atoms with Gasteiger partial charge in [-0.15, -0.1) is 5.06 Å². The summed E-state index contributed by atoms with van der Waals surface area (Å²) in [5, 5.41) is 4.78. The molecule has 0 aliphatic carbocycles. The van der Waals surface area contributed by atoms with E-state index in [1.807, 2.05) is 0 Å². The first-order valence-electron chi connectivity index (χ1n) is 2.99. The van der Waals surface area contributed by atoms with Crippen molar-refractivity contribution in [2.75, 3.05) is 26.2 Å². The molecule has 52 valence electrons. The van der Waals surface area contributed by atoms with Gasteiger partial charge in [-0.25, -0.2) is 0 Å². The molecule has 0 bridgehead atoms. The maximum absolute atomic E-state index is 9.79. The van der Waals surface area contributed by atoms with Gasteiger partial charge in [-0.3, -0.25) is 4.79 Å². The maximum Gasteiger partial charge on any atom is 0.312 e. The van der Waals surface area contributed by atoms with Gasteiger partial charge in [0.2, 0.25) is 0 Å². The van der Waals surface area contributed by atoms with Crippen LogP contribution in [0.2, 0.25) is 0 Å². The number of nitrogens with zero attached hydrogens (tertiary/aromatic N) is 1. The first kappa shape index (κ1) is 6.51. The predicted molar refractivity (Wildman–Crippen MR) is 31.6 cm³/mol. The van der Waals surface area contributed by atoms with Crippen LogP contribution in [0.4, 0.5) is 0 Å². The minimum atomic E-state index is 0.464. The summed E-state index contributed by atoms with van der Waals surface area (Å²) in [6.07, 6.45) is 0. The van der Waals surface area contributed by atoms with E-state index in [4.69, 9.17) is 0 Å². The summed E-state index contributed by atoms with van der Waals surface area (Å²) < 4.78 is 0. The molecule has 1 aliphatic heterocycles. The minimum Gasteiger partial charge on any atom is -0.371 e. The lowest BCUT2D eigenvalue weighted by molar-refractivity contribution is -0.175. The van der Waals surface area contributed by atoms with Gasteiger partial charge in [0.15, 0.2) is 0 Å². The van der Waals surface area contributed by atoms with Gasteiger partial charge in [0.25, 0.3) is 0 Å². The van der Waals surface area contributed by atoms with Crippen LogP contribution in [0.5, 0.6) is 0 Å². The van der Waals surface area contributed by atoms with E-state index in [9.17, 15) is 4.79 Å². The SMILES string of the molecule is O=CON1CCNCC1. The summed E-state index contributed by atoms with van der Waals surface area (Å²) in [6, 6.07) is 0. The van der Waals surface area contributed by atoms with Crippen LogP contribution in [0.25, 0.3) is 0 Å². The Balaban J connectivity index is 2.15. The molecule has 1 aliphatic rings. The smallest absolute Gasteiger partial charge is 0.312 e. The van der Waals surface area contributed by atoms with E-state index in [0.29, 0.717) is 6.47 Å². The first-order valence-corrected chi connectivity index (χ1v) is 2.99. The fourth-order valence-corrected chi connectivity index (χ4v) is 0.811. The second kappa shape index (κ2) is 3.42. The standard InChI is InChI=1S/C5H10N2O2/c8-5-9-7-3-1-6-2-4-7/h5-6H,1-4H2. The minimum absolute atomic E-state index is 0.464. The fourth-order valence-electron chi connectivity index (χ4n) is 0.811. The van der Waals surface area contributed by atoms with Gasteiger partial charge in [-0.05, 0) is 0 Å². The second-order valence-electron chi connectivity index (χ2n) is 1.88. The normalized spacial score (nSPS) is 21.3. The van der Waals surface area contributed by atoms with Gasteiger partial charge < -0.3 is 10.2 Å². The molecule has 0 aromatic carbocycles. The third-order valence-corrected chi connectivity index (χ3v) is 1.27. The molecule has 0 amide bonds. The third kappa shape index (κ3) is 1.99. The molecule has 0 spiro atoms. The summed E-state index contributed by atoms with van der Waals surface area (Å²) in [4.78, 5) is 14.4. The van der Waals surface area contributed by atoms with Crippen LogP contribution in [-0.2, 0) is 9.63 Å². The highest BCUT2D eigenvalue weighted by Gasteiger charge is 2.08. The maximum atomic E-state index is 9.79. The average Bonchev–Trinajstić information content (AvgIpc) is 1.91. The Kier molecular flexibility index (Phi) is 2.48. The Morgan fingerprint density at radius 1 is 1.44 bits per heavy atom. The summed E-state index contributed by atoms with van der Waals surface area (Å²) in [5.74, 6) is 0. The van der Waals surface area contributed by atoms with Crippen LogP contribution in [0, 0.1) is 0 Å². The monoisotopic (exact) mass is 130 g/mol. The van der Waals surface area contributed by atoms with Crippen LogP contribution in [0.15, 0.2) is 0 Å². The van der Waals surface area contributed by atoms with Crippen molar-refractivity contribution in [2.45, 2.75) is 0 Å². The summed E-state index contributed by atoms with van der Waals surface area (Å²) in [5.41, 5.74) is 0. The molecule has 0 radical (unpaired) electrons. The Morgan fingerprint density at radius 2 is 2.11 bits per heavy atom. The lowest BCUT2D eigenvalue weighted by Crippen LogP contribution is -2.43. The average molecular weight is 130 g/mol. The molecule has 1 saturated heterocycles. The summed E-state index contributed by atoms with van der Waals surface area (Å²) in [7, 11) is 0. The van der Waals surface area contributed by atoms with Crippen molar-refractivity contribution in [1.82, 2.24) is 10.4 Å². The zero-order valence-electron chi connectivity index (χ0n) is 5.17. The van der Waals surface area contributed by atoms with Gasteiger partial charge in [0.05, 0.1) is 0 Å². The van der Waals surface area contributed by atoms with E-state index in [1.165, 1.54) is 0 Å². The quantitative estimate of drug-likeness (QED) is 0.486. The van der Waals surface area contributed by atoms with E-state index in [0.717, 1.165) is 26.2 Å². The lowest BCUT2D eigenvalue weighted by atomic mass is 10.4. The second-order valence-corrected chi connectivity index (χ2v) is 1.88. The molecule has 0 aromatic heterocycles. The molecule has 0 unspecified atom stereocenters. The largest absolute Gasteiger partial charge is 0.371 e. The van der Waals surface area contributed by atoms with Crippen LogP contribution in [0.1, 0.15) is 0 Å². The van der Waals surface area contributed by atoms with E-state index in [-0.39, 0.29) is 0 Å².